The second kappa shape index (κ2) is 9.45. The van der Waals surface area contributed by atoms with Crippen molar-refractivity contribution in [3.05, 3.63) is 63.2 Å². The van der Waals surface area contributed by atoms with Crippen LogP contribution in [0.1, 0.15) is 46.8 Å². The highest BCUT2D eigenvalue weighted by atomic mass is 35.5. The first-order valence-corrected chi connectivity index (χ1v) is 11.1. The Morgan fingerprint density at radius 3 is 2.32 bits per heavy atom. The van der Waals surface area contributed by atoms with Crippen LogP contribution in [0, 0.1) is 0 Å². The fourth-order valence-electron chi connectivity index (χ4n) is 4.70. The van der Waals surface area contributed by atoms with E-state index in [2.05, 4.69) is 0 Å². The van der Waals surface area contributed by atoms with Crippen LogP contribution in [-0.2, 0) is 24.0 Å². The van der Waals surface area contributed by atoms with Crippen molar-refractivity contribution in [2.45, 2.75) is 62.6 Å². The average molecular weight is 449 g/mol. The quantitative estimate of drug-likeness (QED) is 0.560. The Bertz CT molecular complexity index is 913. The summed E-state index contributed by atoms with van der Waals surface area (Å²) in [5, 5.41) is 41.5. The number of benzene rings is 2. The molecule has 168 valence electrons. The minimum atomic E-state index is -1.41. The minimum Gasteiger partial charge on any atom is -0.497 e. The highest BCUT2D eigenvalue weighted by Crippen LogP contribution is 2.41. The van der Waals surface area contributed by atoms with Crippen LogP contribution >= 0.6 is 11.6 Å². The maximum Gasteiger partial charge on any atom is 0.118 e. The Hall–Kier alpha value is -1.67. The fraction of sp³-hybridized carbons (Fsp3) is 0.500. The number of aliphatic hydroxyl groups excluding tert-OH is 4. The van der Waals surface area contributed by atoms with Crippen LogP contribution in [0.15, 0.2) is 30.3 Å². The molecular formula is C24H29ClO6. The summed E-state index contributed by atoms with van der Waals surface area (Å²) in [7, 11) is 1.63. The summed E-state index contributed by atoms with van der Waals surface area (Å²) in [6.45, 7) is -0.448. The van der Waals surface area contributed by atoms with Crippen LogP contribution < -0.4 is 4.74 Å². The normalized spacial score (nSPS) is 28.3. The van der Waals surface area contributed by atoms with E-state index in [0.717, 1.165) is 64.3 Å². The third-order valence-electron chi connectivity index (χ3n) is 6.45. The van der Waals surface area contributed by atoms with Gasteiger partial charge in [0.25, 0.3) is 0 Å². The SMILES string of the molecule is COc1ccc(Cc2cc([C@@H]3O[C@H](CO)[C@@H](O)[C@H](O)[C@H]3O)c3c(c2Cl)CCCC3)cc1. The smallest absolute Gasteiger partial charge is 0.118 e. The molecule has 1 heterocycles. The van der Waals surface area contributed by atoms with E-state index in [9.17, 15) is 20.4 Å². The Morgan fingerprint density at radius 1 is 1.00 bits per heavy atom. The number of aliphatic hydroxyl groups is 4. The summed E-state index contributed by atoms with van der Waals surface area (Å²) in [4.78, 5) is 0. The van der Waals surface area contributed by atoms with E-state index in [1.54, 1.807) is 7.11 Å². The van der Waals surface area contributed by atoms with Gasteiger partial charge in [0.1, 0.15) is 36.3 Å². The van der Waals surface area contributed by atoms with Gasteiger partial charge in [-0.1, -0.05) is 29.8 Å². The molecule has 4 N–H and O–H groups in total. The van der Waals surface area contributed by atoms with E-state index >= 15 is 0 Å². The monoisotopic (exact) mass is 448 g/mol. The lowest BCUT2D eigenvalue weighted by Crippen LogP contribution is -2.55. The lowest BCUT2D eigenvalue weighted by Gasteiger charge is -2.41. The topological polar surface area (TPSA) is 99.4 Å². The number of halogens is 1. The van der Waals surface area contributed by atoms with Crippen LogP contribution in [0.2, 0.25) is 5.02 Å². The van der Waals surface area contributed by atoms with Gasteiger partial charge in [-0.15, -0.1) is 0 Å². The predicted octanol–water partition coefficient (Wildman–Crippen LogP) is 2.33. The van der Waals surface area contributed by atoms with Gasteiger partial charge in [0, 0.05) is 5.02 Å². The zero-order valence-corrected chi connectivity index (χ0v) is 18.3. The summed E-state index contributed by atoms with van der Waals surface area (Å²) in [5.41, 5.74) is 4.86. The molecule has 4 rings (SSSR count). The Labute approximate surface area is 187 Å². The van der Waals surface area contributed by atoms with E-state index < -0.39 is 37.1 Å². The van der Waals surface area contributed by atoms with Crippen LogP contribution in [0.25, 0.3) is 0 Å². The van der Waals surface area contributed by atoms with Crippen molar-refractivity contribution in [3.63, 3.8) is 0 Å². The van der Waals surface area contributed by atoms with Gasteiger partial charge < -0.3 is 29.9 Å². The van der Waals surface area contributed by atoms with Crippen molar-refractivity contribution in [3.8, 4) is 5.75 Å². The molecule has 1 fully saturated rings. The molecule has 31 heavy (non-hydrogen) atoms. The molecule has 2 aromatic carbocycles. The van der Waals surface area contributed by atoms with Crippen molar-refractivity contribution in [2.75, 3.05) is 13.7 Å². The maximum absolute atomic E-state index is 10.7. The minimum absolute atomic E-state index is 0.448. The van der Waals surface area contributed by atoms with Crippen molar-refractivity contribution in [1.29, 1.82) is 0 Å². The molecule has 1 aliphatic heterocycles. The Kier molecular flexibility index (Phi) is 6.86. The van der Waals surface area contributed by atoms with Gasteiger partial charge in [-0.3, -0.25) is 0 Å². The predicted molar refractivity (Wildman–Crippen MR) is 117 cm³/mol. The van der Waals surface area contributed by atoms with Gasteiger partial charge in [0.2, 0.25) is 0 Å². The molecule has 0 unspecified atom stereocenters. The first kappa shape index (κ1) is 22.5. The summed E-state index contributed by atoms with van der Waals surface area (Å²) < 4.78 is 11.1. The fourth-order valence-corrected chi connectivity index (χ4v) is 5.03. The largest absolute Gasteiger partial charge is 0.497 e. The molecule has 6 nitrogen and oxygen atoms in total. The zero-order chi connectivity index (χ0) is 22.1. The number of methoxy groups -OCH3 is 1. The number of hydrogen-bond donors (Lipinski definition) is 4. The number of rotatable bonds is 5. The molecule has 5 atom stereocenters. The van der Waals surface area contributed by atoms with Crippen LogP contribution in [0.3, 0.4) is 0 Å². The summed E-state index contributed by atoms with van der Waals surface area (Å²) in [5.74, 6) is 0.780. The maximum atomic E-state index is 10.7. The highest BCUT2D eigenvalue weighted by molar-refractivity contribution is 6.32. The number of hydrogen-bond acceptors (Lipinski definition) is 6. The van der Waals surface area contributed by atoms with Crippen molar-refractivity contribution in [1.82, 2.24) is 0 Å². The highest BCUT2D eigenvalue weighted by Gasteiger charge is 2.45. The van der Waals surface area contributed by atoms with Gasteiger partial charge in [0.05, 0.1) is 13.7 Å². The standard InChI is InChI=1S/C24H29ClO6/c1-30-15-8-6-13(7-9-15)10-14-11-18(16-4-2-3-5-17(16)20(14)25)24-23(29)22(28)21(27)19(12-26)31-24/h6-9,11,19,21-24,26-29H,2-5,10,12H2,1H3/t19-,21-,22+,23-,24+/m1/s1. The number of ether oxygens (including phenoxy) is 2. The van der Waals surface area contributed by atoms with Gasteiger partial charge in [-0.05, 0) is 72.1 Å². The second-order valence-corrected chi connectivity index (χ2v) is 8.76. The molecule has 0 bridgehead atoms. The van der Waals surface area contributed by atoms with Gasteiger partial charge in [0.15, 0.2) is 0 Å². The first-order chi connectivity index (χ1) is 14.9. The molecule has 0 spiro atoms. The average Bonchev–Trinajstić information content (AvgIpc) is 2.80. The lowest BCUT2D eigenvalue weighted by atomic mass is 9.81. The molecule has 2 aliphatic rings. The summed E-state index contributed by atoms with van der Waals surface area (Å²) in [6.07, 6.45) is -1.60. The number of fused-ring (bicyclic) bond motifs is 1. The van der Waals surface area contributed by atoms with E-state index in [0.29, 0.717) is 6.42 Å². The van der Waals surface area contributed by atoms with Gasteiger partial charge >= 0.3 is 0 Å². The van der Waals surface area contributed by atoms with Crippen LogP contribution in [0.4, 0.5) is 0 Å². The van der Waals surface area contributed by atoms with Crippen molar-refractivity contribution in [2.24, 2.45) is 0 Å². The molecule has 0 radical (unpaired) electrons. The molecule has 0 amide bonds. The first-order valence-electron chi connectivity index (χ1n) is 10.7. The molecule has 1 saturated heterocycles. The second-order valence-electron chi connectivity index (χ2n) is 8.38. The van der Waals surface area contributed by atoms with Crippen molar-refractivity contribution < 1.29 is 29.9 Å². The molecule has 0 aromatic heterocycles. The van der Waals surface area contributed by atoms with Gasteiger partial charge in [-0.25, -0.2) is 0 Å². The Balaban J connectivity index is 1.75. The van der Waals surface area contributed by atoms with E-state index in [1.165, 1.54) is 0 Å². The van der Waals surface area contributed by atoms with E-state index in [4.69, 9.17) is 21.1 Å². The van der Waals surface area contributed by atoms with E-state index in [1.807, 2.05) is 30.3 Å². The molecule has 1 aliphatic carbocycles. The van der Waals surface area contributed by atoms with E-state index in [-0.39, 0.29) is 0 Å². The molecular weight excluding hydrogens is 420 g/mol. The third kappa shape index (κ3) is 4.33. The summed E-state index contributed by atoms with van der Waals surface area (Å²) in [6, 6.07) is 9.73. The lowest BCUT2D eigenvalue weighted by molar-refractivity contribution is -0.231. The molecule has 7 heteroatoms. The zero-order valence-electron chi connectivity index (χ0n) is 17.5. The third-order valence-corrected chi connectivity index (χ3v) is 6.92. The van der Waals surface area contributed by atoms with Gasteiger partial charge in [-0.2, -0.15) is 0 Å². The van der Waals surface area contributed by atoms with Crippen LogP contribution in [0.5, 0.6) is 5.75 Å². The van der Waals surface area contributed by atoms with Crippen LogP contribution in [-0.4, -0.2) is 58.6 Å². The summed E-state index contributed by atoms with van der Waals surface area (Å²) >= 11 is 6.83. The molecule has 0 saturated carbocycles. The Morgan fingerprint density at radius 2 is 1.68 bits per heavy atom. The van der Waals surface area contributed by atoms with Crippen molar-refractivity contribution >= 4 is 11.6 Å². The molecule has 2 aromatic rings.